The fourth-order valence-corrected chi connectivity index (χ4v) is 4.51. The minimum absolute atomic E-state index is 0.163. The van der Waals surface area contributed by atoms with Gasteiger partial charge in [-0.15, -0.1) is 0 Å². The number of carboxylic acids is 1. The molecule has 1 saturated heterocycles. The van der Waals surface area contributed by atoms with Crippen LogP contribution in [0.1, 0.15) is 44.7 Å². The Labute approximate surface area is 217 Å². The maximum atomic E-state index is 12.5. The summed E-state index contributed by atoms with van der Waals surface area (Å²) in [7, 11) is 1.52. The molecule has 36 heavy (non-hydrogen) atoms. The quantitative estimate of drug-likeness (QED) is 0.283. The summed E-state index contributed by atoms with van der Waals surface area (Å²) < 4.78 is 12.0. The number of anilines is 1. The lowest BCUT2D eigenvalue weighted by Crippen LogP contribution is -2.19. The van der Waals surface area contributed by atoms with E-state index >= 15 is 0 Å². The van der Waals surface area contributed by atoms with E-state index in [1.54, 1.807) is 42.5 Å². The number of hydrazone groups is 1. The normalized spacial score (nSPS) is 13.1. The van der Waals surface area contributed by atoms with Gasteiger partial charge in [-0.05, 0) is 88.4 Å². The number of carboxylic acid groups (broad SMARTS) is 1. The number of benzene rings is 3. The Hall–Kier alpha value is -3.85. The zero-order chi connectivity index (χ0) is 25.5. The standard InChI is InChI=1S/C27H26BrN3O5/c1-35-24-15-19(14-23(28)25(24)36-17-18-5-4-6-21(13-18)27(33)34)16-29-30-26(32)20-7-9-22(10-8-20)31-11-2-3-12-31/h4-10,13-16H,2-3,11-12,17H2,1H3,(H,30,32)(H,33,34)/b29-16-. The van der Waals surface area contributed by atoms with E-state index in [0.717, 1.165) is 18.8 Å². The molecule has 1 fully saturated rings. The van der Waals surface area contributed by atoms with Crippen LogP contribution in [0.25, 0.3) is 0 Å². The van der Waals surface area contributed by atoms with E-state index in [4.69, 9.17) is 14.6 Å². The maximum absolute atomic E-state index is 12.5. The van der Waals surface area contributed by atoms with Gasteiger partial charge in [0.2, 0.25) is 0 Å². The summed E-state index contributed by atoms with van der Waals surface area (Å²) >= 11 is 3.49. The topological polar surface area (TPSA) is 100 Å². The zero-order valence-corrected chi connectivity index (χ0v) is 21.3. The number of rotatable bonds is 9. The van der Waals surface area contributed by atoms with Gasteiger partial charge in [-0.2, -0.15) is 5.10 Å². The van der Waals surface area contributed by atoms with Gasteiger partial charge in [0.1, 0.15) is 6.61 Å². The molecule has 8 nitrogen and oxygen atoms in total. The lowest BCUT2D eigenvalue weighted by molar-refractivity contribution is 0.0696. The van der Waals surface area contributed by atoms with Crippen LogP contribution in [0.4, 0.5) is 5.69 Å². The smallest absolute Gasteiger partial charge is 0.335 e. The number of hydrogen-bond acceptors (Lipinski definition) is 6. The first-order valence-electron chi connectivity index (χ1n) is 11.5. The van der Waals surface area contributed by atoms with E-state index in [1.807, 2.05) is 12.1 Å². The van der Waals surface area contributed by atoms with Crippen molar-refractivity contribution in [3.8, 4) is 11.5 Å². The lowest BCUT2D eigenvalue weighted by atomic mass is 10.1. The lowest BCUT2D eigenvalue weighted by Gasteiger charge is -2.17. The molecule has 0 bridgehead atoms. The minimum atomic E-state index is -0.995. The highest BCUT2D eigenvalue weighted by molar-refractivity contribution is 9.10. The highest BCUT2D eigenvalue weighted by Gasteiger charge is 2.14. The summed E-state index contributed by atoms with van der Waals surface area (Å²) in [5, 5.41) is 13.2. The predicted octanol–water partition coefficient (Wildman–Crippen LogP) is 5.10. The van der Waals surface area contributed by atoms with Crippen LogP contribution in [-0.4, -0.2) is 43.4 Å². The molecule has 1 heterocycles. The first-order valence-corrected chi connectivity index (χ1v) is 12.2. The molecule has 186 valence electrons. The molecule has 1 aliphatic rings. The Morgan fingerprint density at radius 3 is 2.53 bits per heavy atom. The fraction of sp³-hybridized carbons (Fsp3) is 0.222. The van der Waals surface area contributed by atoms with Crippen molar-refractivity contribution in [2.45, 2.75) is 19.4 Å². The van der Waals surface area contributed by atoms with Crippen LogP contribution in [0.5, 0.6) is 11.5 Å². The molecule has 0 atom stereocenters. The number of amides is 1. The van der Waals surface area contributed by atoms with Crippen LogP contribution in [0.15, 0.2) is 70.2 Å². The minimum Gasteiger partial charge on any atom is -0.493 e. The van der Waals surface area contributed by atoms with E-state index in [1.165, 1.54) is 32.2 Å². The molecule has 4 rings (SSSR count). The third-order valence-electron chi connectivity index (χ3n) is 5.79. The van der Waals surface area contributed by atoms with E-state index in [-0.39, 0.29) is 18.1 Å². The van der Waals surface area contributed by atoms with Crippen molar-refractivity contribution in [3.05, 3.63) is 87.4 Å². The number of ether oxygens (including phenoxy) is 2. The summed E-state index contributed by atoms with van der Waals surface area (Å²) in [4.78, 5) is 26.0. The van der Waals surface area contributed by atoms with Crippen LogP contribution < -0.4 is 19.8 Å². The number of carbonyl (C=O) groups is 2. The number of nitrogens with zero attached hydrogens (tertiary/aromatic N) is 2. The Kier molecular flexibility index (Phi) is 8.22. The monoisotopic (exact) mass is 551 g/mol. The van der Waals surface area contributed by atoms with Crippen molar-refractivity contribution in [1.82, 2.24) is 5.43 Å². The van der Waals surface area contributed by atoms with Crippen molar-refractivity contribution < 1.29 is 24.2 Å². The van der Waals surface area contributed by atoms with E-state index in [0.29, 0.717) is 32.7 Å². The number of nitrogens with one attached hydrogen (secondary N) is 1. The van der Waals surface area contributed by atoms with Gasteiger partial charge in [0, 0.05) is 24.3 Å². The molecule has 0 aromatic heterocycles. The van der Waals surface area contributed by atoms with Crippen LogP contribution in [-0.2, 0) is 6.61 Å². The van der Waals surface area contributed by atoms with Gasteiger partial charge >= 0.3 is 5.97 Å². The van der Waals surface area contributed by atoms with Crippen LogP contribution in [0, 0.1) is 0 Å². The third-order valence-corrected chi connectivity index (χ3v) is 6.38. The number of halogens is 1. The predicted molar refractivity (Wildman–Crippen MR) is 141 cm³/mol. The van der Waals surface area contributed by atoms with Crippen molar-refractivity contribution in [3.63, 3.8) is 0 Å². The van der Waals surface area contributed by atoms with Crippen molar-refractivity contribution in [1.29, 1.82) is 0 Å². The molecule has 1 amide bonds. The number of methoxy groups -OCH3 is 1. The molecule has 2 N–H and O–H groups in total. The Balaban J connectivity index is 1.38. The molecule has 0 unspecified atom stereocenters. The van der Waals surface area contributed by atoms with Gasteiger partial charge in [-0.25, -0.2) is 10.2 Å². The van der Waals surface area contributed by atoms with Gasteiger partial charge in [0.15, 0.2) is 11.5 Å². The molecule has 9 heteroatoms. The maximum Gasteiger partial charge on any atom is 0.335 e. The van der Waals surface area contributed by atoms with Crippen LogP contribution in [0.3, 0.4) is 0 Å². The number of aromatic carboxylic acids is 1. The first-order chi connectivity index (χ1) is 17.4. The first kappa shape index (κ1) is 25.2. The molecule has 0 radical (unpaired) electrons. The summed E-state index contributed by atoms with van der Waals surface area (Å²) in [5.74, 6) is -0.360. The second-order valence-electron chi connectivity index (χ2n) is 8.27. The third kappa shape index (κ3) is 6.23. The van der Waals surface area contributed by atoms with Gasteiger partial charge in [0.25, 0.3) is 5.91 Å². The van der Waals surface area contributed by atoms with Gasteiger partial charge in [0.05, 0.1) is 23.4 Å². The summed E-state index contributed by atoms with van der Waals surface area (Å²) in [5.41, 5.74) is 5.80. The van der Waals surface area contributed by atoms with E-state index < -0.39 is 5.97 Å². The highest BCUT2D eigenvalue weighted by Crippen LogP contribution is 2.37. The molecule has 3 aromatic carbocycles. The molecular formula is C27H26BrN3O5. The SMILES string of the molecule is COc1cc(/C=N\NC(=O)c2ccc(N3CCCC3)cc2)cc(Br)c1OCc1cccc(C(=O)O)c1. The average molecular weight is 552 g/mol. The van der Waals surface area contributed by atoms with E-state index in [9.17, 15) is 9.59 Å². The highest BCUT2D eigenvalue weighted by atomic mass is 79.9. The van der Waals surface area contributed by atoms with Crippen molar-refractivity contribution in [2.75, 3.05) is 25.1 Å². The Morgan fingerprint density at radius 2 is 1.83 bits per heavy atom. The van der Waals surface area contributed by atoms with Gasteiger partial charge < -0.3 is 19.5 Å². The molecule has 0 spiro atoms. The van der Waals surface area contributed by atoms with Crippen molar-refractivity contribution >= 4 is 39.7 Å². The molecule has 0 aliphatic carbocycles. The summed E-state index contributed by atoms with van der Waals surface area (Å²) in [6.45, 7) is 2.27. The summed E-state index contributed by atoms with van der Waals surface area (Å²) in [6, 6.07) is 17.6. The number of hydrogen-bond donors (Lipinski definition) is 2. The number of carbonyl (C=O) groups excluding carboxylic acids is 1. The van der Waals surface area contributed by atoms with Crippen LogP contribution in [0.2, 0.25) is 0 Å². The Bertz CT molecular complexity index is 1270. The van der Waals surface area contributed by atoms with Crippen LogP contribution >= 0.6 is 15.9 Å². The second kappa shape index (κ2) is 11.7. The molecular weight excluding hydrogens is 526 g/mol. The average Bonchev–Trinajstić information content (AvgIpc) is 3.43. The second-order valence-corrected chi connectivity index (χ2v) is 9.12. The summed E-state index contributed by atoms with van der Waals surface area (Å²) in [6.07, 6.45) is 3.92. The molecule has 3 aromatic rings. The van der Waals surface area contributed by atoms with E-state index in [2.05, 4.69) is 31.4 Å². The van der Waals surface area contributed by atoms with Gasteiger partial charge in [-0.3, -0.25) is 4.79 Å². The fourth-order valence-electron chi connectivity index (χ4n) is 3.93. The molecule has 0 saturated carbocycles. The zero-order valence-electron chi connectivity index (χ0n) is 19.7. The largest absolute Gasteiger partial charge is 0.493 e. The van der Waals surface area contributed by atoms with Gasteiger partial charge in [-0.1, -0.05) is 12.1 Å². The molecule has 1 aliphatic heterocycles. The Morgan fingerprint density at radius 1 is 1.08 bits per heavy atom. The van der Waals surface area contributed by atoms with Crippen molar-refractivity contribution in [2.24, 2.45) is 5.10 Å².